The first-order valence-electron chi connectivity index (χ1n) is 8.17. The third-order valence-electron chi connectivity index (χ3n) is 4.56. The second-order valence-electron chi connectivity index (χ2n) is 6.20. The molecule has 3 rings (SSSR count). The average Bonchev–Trinajstić information content (AvgIpc) is 3.02. The first-order valence-corrected chi connectivity index (χ1v) is 8.17. The Bertz CT molecular complexity index is 713. The maximum Gasteiger partial charge on any atom is 0.354 e. The predicted molar refractivity (Wildman–Crippen MR) is 89.9 cm³/mol. The zero-order valence-electron chi connectivity index (χ0n) is 13.3. The van der Waals surface area contributed by atoms with Gasteiger partial charge in [-0.3, -0.25) is 4.79 Å². The third kappa shape index (κ3) is 3.79. The van der Waals surface area contributed by atoms with Crippen molar-refractivity contribution in [3.8, 4) is 0 Å². The Morgan fingerprint density at radius 2 is 1.92 bits per heavy atom. The number of amides is 1. The van der Waals surface area contributed by atoms with Crippen molar-refractivity contribution in [3.05, 3.63) is 65.5 Å². The molecule has 1 aromatic heterocycles. The number of benzene rings is 1. The lowest BCUT2D eigenvalue weighted by molar-refractivity contribution is 0.0689. The smallest absolute Gasteiger partial charge is 0.354 e. The van der Waals surface area contributed by atoms with Gasteiger partial charge in [-0.15, -0.1) is 0 Å². The van der Waals surface area contributed by atoms with Crippen LogP contribution in [0.3, 0.4) is 0 Å². The minimum absolute atomic E-state index is 0.0608. The van der Waals surface area contributed by atoms with E-state index in [-0.39, 0.29) is 17.6 Å². The molecule has 1 amide bonds. The highest BCUT2D eigenvalue weighted by Crippen LogP contribution is 2.29. The number of carbonyl (C=O) groups excluding carboxylic acids is 1. The summed E-state index contributed by atoms with van der Waals surface area (Å²) in [5.41, 5.74) is 1.62. The van der Waals surface area contributed by atoms with Crippen molar-refractivity contribution >= 4 is 11.9 Å². The molecule has 0 bridgehead atoms. The quantitative estimate of drug-likeness (QED) is 0.886. The summed E-state index contributed by atoms with van der Waals surface area (Å²) >= 11 is 0. The van der Waals surface area contributed by atoms with Crippen LogP contribution >= 0.6 is 0 Å². The Kier molecular flexibility index (Phi) is 4.89. The number of aromatic nitrogens is 1. The van der Waals surface area contributed by atoms with Crippen molar-refractivity contribution in [2.75, 3.05) is 0 Å². The Labute approximate surface area is 140 Å². The molecule has 1 fully saturated rings. The monoisotopic (exact) mass is 324 g/mol. The van der Waals surface area contributed by atoms with Crippen LogP contribution in [-0.4, -0.2) is 28.0 Å². The van der Waals surface area contributed by atoms with E-state index in [1.807, 2.05) is 18.2 Å². The van der Waals surface area contributed by atoms with E-state index in [1.54, 1.807) is 0 Å². The molecule has 2 N–H and O–H groups in total. The standard InChI is InChI=1S/C19H20N2O3/c22-18(15-9-10-17(19(23)24)20-12-15)21-16-8-4-7-14(16)11-13-5-2-1-3-6-13/h1-3,5-6,9-10,12,14,16H,4,7-8,11H2,(H,21,22)(H,23,24). The lowest BCUT2D eigenvalue weighted by atomic mass is 9.94. The molecule has 0 radical (unpaired) electrons. The molecule has 2 unspecified atom stereocenters. The van der Waals surface area contributed by atoms with E-state index < -0.39 is 5.97 Å². The minimum Gasteiger partial charge on any atom is -0.477 e. The van der Waals surface area contributed by atoms with Crippen LogP contribution in [0.25, 0.3) is 0 Å². The Morgan fingerprint density at radius 1 is 1.12 bits per heavy atom. The predicted octanol–water partition coefficient (Wildman–Crippen LogP) is 2.92. The lowest BCUT2D eigenvalue weighted by Crippen LogP contribution is -2.38. The molecular weight excluding hydrogens is 304 g/mol. The first-order chi connectivity index (χ1) is 11.6. The molecule has 0 aliphatic heterocycles. The van der Waals surface area contributed by atoms with Crippen molar-refractivity contribution in [3.63, 3.8) is 0 Å². The molecule has 1 saturated carbocycles. The number of pyridine rings is 1. The van der Waals surface area contributed by atoms with Crippen molar-refractivity contribution in [2.45, 2.75) is 31.7 Å². The number of hydrogen-bond donors (Lipinski definition) is 2. The molecule has 2 aromatic rings. The summed E-state index contributed by atoms with van der Waals surface area (Å²) in [6.07, 6.45) is 5.47. The maximum absolute atomic E-state index is 12.4. The largest absolute Gasteiger partial charge is 0.477 e. The van der Waals surface area contributed by atoms with Gasteiger partial charge in [0.1, 0.15) is 5.69 Å². The third-order valence-corrected chi connectivity index (χ3v) is 4.56. The van der Waals surface area contributed by atoms with E-state index in [9.17, 15) is 9.59 Å². The van der Waals surface area contributed by atoms with Gasteiger partial charge in [-0.1, -0.05) is 36.8 Å². The van der Waals surface area contributed by atoms with Gasteiger partial charge >= 0.3 is 5.97 Å². The van der Waals surface area contributed by atoms with Gasteiger partial charge < -0.3 is 10.4 Å². The van der Waals surface area contributed by atoms with Gasteiger partial charge in [0.15, 0.2) is 0 Å². The summed E-state index contributed by atoms with van der Waals surface area (Å²) in [4.78, 5) is 27.0. The minimum atomic E-state index is -1.10. The molecule has 124 valence electrons. The van der Waals surface area contributed by atoms with E-state index in [1.165, 1.54) is 23.9 Å². The van der Waals surface area contributed by atoms with Gasteiger partial charge in [0.25, 0.3) is 5.91 Å². The fraction of sp³-hybridized carbons (Fsp3) is 0.316. The zero-order chi connectivity index (χ0) is 16.9. The van der Waals surface area contributed by atoms with Crippen LogP contribution in [0.2, 0.25) is 0 Å². The van der Waals surface area contributed by atoms with Gasteiger partial charge in [0.2, 0.25) is 0 Å². The molecule has 24 heavy (non-hydrogen) atoms. The molecule has 1 aliphatic rings. The van der Waals surface area contributed by atoms with Crippen molar-refractivity contribution in [1.82, 2.24) is 10.3 Å². The summed E-state index contributed by atoms with van der Waals surface area (Å²) in [6.45, 7) is 0. The van der Waals surface area contributed by atoms with Crippen LogP contribution < -0.4 is 5.32 Å². The number of nitrogens with zero attached hydrogens (tertiary/aromatic N) is 1. The summed E-state index contributed by atoms with van der Waals surface area (Å²) < 4.78 is 0. The van der Waals surface area contributed by atoms with E-state index in [0.717, 1.165) is 25.7 Å². The average molecular weight is 324 g/mol. The zero-order valence-corrected chi connectivity index (χ0v) is 13.3. The van der Waals surface area contributed by atoms with Gasteiger partial charge in [-0.2, -0.15) is 0 Å². The fourth-order valence-corrected chi connectivity index (χ4v) is 3.29. The van der Waals surface area contributed by atoms with Gasteiger partial charge in [0, 0.05) is 12.2 Å². The topological polar surface area (TPSA) is 79.3 Å². The molecule has 0 saturated heterocycles. The fourth-order valence-electron chi connectivity index (χ4n) is 3.29. The second kappa shape index (κ2) is 7.25. The van der Waals surface area contributed by atoms with E-state index in [4.69, 9.17) is 5.11 Å². The molecule has 1 aromatic carbocycles. The van der Waals surface area contributed by atoms with Crippen LogP contribution in [0.5, 0.6) is 0 Å². The van der Waals surface area contributed by atoms with Gasteiger partial charge in [-0.25, -0.2) is 9.78 Å². The highest BCUT2D eigenvalue weighted by Gasteiger charge is 2.28. The number of hydrogen-bond acceptors (Lipinski definition) is 3. The number of nitrogens with one attached hydrogen (secondary N) is 1. The van der Waals surface area contributed by atoms with Gasteiger partial charge in [-0.05, 0) is 42.9 Å². The summed E-state index contributed by atoms with van der Waals surface area (Å²) in [7, 11) is 0. The Hall–Kier alpha value is -2.69. The normalized spacial score (nSPS) is 19.8. The molecule has 0 spiro atoms. The van der Waals surface area contributed by atoms with E-state index >= 15 is 0 Å². The van der Waals surface area contributed by atoms with Gasteiger partial charge in [0.05, 0.1) is 5.56 Å². The van der Waals surface area contributed by atoms with Crippen molar-refractivity contribution in [2.24, 2.45) is 5.92 Å². The number of carboxylic acid groups (broad SMARTS) is 1. The maximum atomic E-state index is 12.4. The highest BCUT2D eigenvalue weighted by atomic mass is 16.4. The Balaban J connectivity index is 1.63. The van der Waals surface area contributed by atoms with E-state index in [2.05, 4.69) is 22.4 Å². The van der Waals surface area contributed by atoms with Crippen molar-refractivity contribution < 1.29 is 14.7 Å². The van der Waals surface area contributed by atoms with Crippen LogP contribution in [0.4, 0.5) is 0 Å². The first kappa shape index (κ1) is 16.2. The number of carboxylic acids is 1. The van der Waals surface area contributed by atoms with Crippen molar-refractivity contribution in [1.29, 1.82) is 0 Å². The summed E-state index contributed by atoms with van der Waals surface area (Å²) in [5.74, 6) is -0.854. The number of carbonyl (C=O) groups is 2. The lowest BCUT2D eigenvalue weighted by Gasteiger charge is -2.21. The molecule has 5 nitrogen and oxygen atoms in total. The molecule has 2 atom stereocenters. The summed E-state index contributed by atoms with van der Waals surface area (Å²) in [5, 5.41) is 11.9. The molecule has 1 heterocycles. The molecule has 5 heteroatoms. The second-order valence-corrected chi connectivity index (χ2v) is 6.20. The number of aromatic carboxylic acids is 1. The molecular formula is C19H20N2O3. The number of rotatable bonds is 5. The SMILES string of the molecule is O=C(NC1CCCC1Cc1ccccc1)c1ccc(C(=O)O)nc1. The Morgan fingerprint density at radius 3 is 2.58 bits per heavy atom. The van der Waals surface area contributed by atoms with E-state index in [0.29, 0.717) is 11.5 Å². The van der Waals surface area contributed by atoms with Crippen LogP contribution in [-0.2, 0) is 6.42 Å². The van der Waals surface area contributed by atoms with Crippen LogP contribution in [0, 0.1) is 5.92 Å². The molecule has 1 aliphatic carbocycles. The van der Waals surface area contributed by atoms with Crippen LogP contribution in [0.15, 0.2) is 48.7 Å². The summed E-state index contributed by atoms with van der Waals surface area (Å²) in [6, 6.07) is 13.3. The van der Waals surface area contributed by atoms with Crippen LogP contribution in [0.1, 0.15) is 45.7 Å². The highest BCUT2D eigenvalue weighted by molar-refractivity contribution is 5.95.